The molecule has 0 unspecified atom stereocenters. The van der Waals surface area contributed by atoms with E-state index in [2.05, 4.69) is 23.5 Å². The summed E-state index contributed by atoms with van der Waals surface area (Å²) >= 11 is 0. The lowest BCUT2D eigenvalue weighted by atomic mass is 9.94. The molecule has 0 radical (unpaired) electrons. The van der Waals surface area contributed by atoms with Crippen molar-refractivity contribution in [1.82, 2.24) is 5.32 Å². The Morgan fingerprint density at radius 1 is 1.12 bits per heavy atom. The van der Waals surface area contributed by atoms with Gasteiger partial charge in [0, 0.05) is 5.54 Å². The predicted octanol–water partition coefficient (Wildman–Crippen LogP) is 4.21. The highest BCUT2D eigenvalue weighted by atomic mass is 16.5. The topological polar surface area (TPSA) is 38.3 Å². The fourth-order valence-corrected chi connectivity index (χ4v) is 2.76. The van der Waals surface area contributed by atoms with Crippen molar-refractivity contribution in [3.8, 4) is 5.75 Å². The van der Waals surface area contributed by atoms with Gasteiger partial charge in [-0.1, -0.05) is 48.0 Å². The first-order chi connectivity index (χ1) is 11.3. The van der Waals surface area contributed by atoms with E-state index in [1.54, 1.807) is 6.92 Å². The molecule has 3 nitrogen and oxygen atoms in total. The molecule has 128 valence electrons. The Morgan fingerprint density at radius 3 is 2.42 bits per heavy atom. The molecule has 0 fully saturated rings. The number of ether oxygens (including phenoxy) is 1. The van der Waals surface area contributed by atoms with E-state index in [1.165, 1.54) is 11.1 Å². The molecule has 1 N–H and O–H groups in total. The van der Waals surface area contributed by atoms with Gasteiger partial charge in [-0.2, -0.15) is 0 Å². The number of carbonyl (C=O) groups is 1. The first kappa shape index (κ1) is 18.1. The van der Waals surface area contributed by atoms with Gasteiger partial charge in [-0.25, -0.2) is 0 Å². The van der Waals surface area contributed by atoms with Crippen LogP contribution in [0, 0.1) is 13.8 Å². The fourth-order valence-electron chi connectivity index (χ4n) is 2.76. The minimum Gasteiger partial charge on any atom is -0.481 e. The average Bonchev–Trinajstić information content (AvgIpc) is 2.50. The van der Waals surface area contributed by atoms with E-state index < -0.39 is 6.10 Å². The molecule has 0 spiro atoms. The summed E-state index contributed by atoms with van der Waals surface area (Å²) in [5.41, 5.74) is 3.09. The van der Waals surface area contributed by atoms with Crippen molar-refractivity contribution in [2.24, 2.45) is 0 Å². The Hall–Kier alpha value is -2.29. The molecule has 0 aliphatic heterocycles. The van der Waals surface area contributed by atoms with Gasteiger partial charge >= 0.3 is 0 Å². The van der Waals surface area contributed by atoms with Crippen LogP contribution in [-0.4, -0.2) is 17.6 Å². The van der Waals surface area contributed by atoms with Gasteiger partial charge in [0.2, 0.25) is 0 Å². The highest BCUT2D eigenvalue weighted by molar-refractivity contribution is 5.81. The van der Waals surface area contributed by atoms with Crippen LogP contribution >= 0.6 is 0 Å². The van der Waals surface area contributed by atoms with E-state index in [9.17, 15) is 4.79 Å². The summed E-state index contributed by atoms with van der Waals surface area (Å²) in [5, 5.41) is 3.09. The molecule has 1 atom stereocenters. The molecule has 1 amide bonds. The van der Waals surface area contributed by atoms with Gasteiger partial charge in [0.05, 0.1) is 0 Å². The van der Waals surface area contributed by atoms with Crippen molar-refractivity contribution >= 4 is 5.91 Å². The average molecular weight is 325 g/mol. The molecule has 0 aromatic heterocycles. The molecular weight excluding hydrogens is 298 g/mol. The zero-order chi connectivity index (χ0) is 17.7. The number of carbonyl (C=O) groups excluding carboxylic acids is 1. The van der Waals surface area contributed by atoms with Crippen LogP contribution in [0.3, 0.4) is 0 Å². The van der Waals surface area contributed by atoms with Crippen LogP contribution in [0.4, 0.5) is 0 Å². The van der Waals surface area contributed by atoms with Gasteiger partial charge < -0.3 is 10.1 Å². The SMILES string of the molecule is Cc1ccc(O[C@H](C)C(=O)NC(C)(C)Cc2ccccc2)c(C)c1. The summed E-state index contributed by atoms with van der Waals surface area (Å²) in [4.78, 5) is 12.5. The van der Waals surface area contributed by atoms with Crippen LogP contribution in [0.2, 0.25) is 0 Å². The van der Waals surface area contributed by atoms with Crippen LogP contribution < -0.4 is 10.1 Å². The summed E-state index contributed by atoms with van der Waals surface area (Å²) in [7, 11) is 0. The predicted molar refractivity (Wildman–Crippen MR) is 98.4 cm³/mol. The quantitative estimate of drug-likeness (QED) is 0.864. The third-order valence-corrected chi connectivity index (χ3v) is 3.95. The van der Waals surface area contributed by atoms with E-state index in [-0.39, 0.29) is 11.4 Å². The molecule has 0 bridgehead atoms. The third-order valence-electron chi connectivity index (χ3n) is 3.95. The van der Waals surface area contributed by atoms with Crippen molar-refractivity contribution in [2.75, 3.05) is 0 Å². The van der Waals surface area contributed by atoms with Crippen molar-refractivity contribution in [3.63, 3.8) is 0 Å². The highest BCUT2D eigenvalue weighted by Gasteiger charge is 2.25. The maximum absolute atomic E-state index is 12.5. The Bertz CT molecular complexity index is 692. The van der Waals surface area contributed by atoms with Gasteiger partial charge in [0.15, 0.2) is 6.10 Å². The van der Waals surface area contributed by atoms with Crippen molar-refractivity contribution in [1.29, 1.82) is 0 Å². The zero-order valence-corrected chi connectivity index (χ0v) is 15.2. The van der Waals surface area contributed by atoms with E-state index >= 15 is 0 Å². The lowest BCUT2D eigenvalue weighted by molar-refractivity contribution is -0.128. The summed E-state index contributed by atoms with van der Waals surface area (Å²) < 4.78 is 5.85. The largest absolute Gasteiger partial charge is 0.481 e. The first-order valence-corrected chi connectivity index (χ1v) is 8.37. The minimum atomic E-state index is -0.540. The minimum absolute atomic E-state index is 0.101. The summed E-state index contributed by atoms with van der Waals surface area (Å²) in [5.74, 6) is 0.653. The second kappa shape index (κ2) is 7.52. The number of hydrogen-bond acceptors (Lipinski definition) is 2. The van der Waals surface area contributed by atoms with E-state index in [0.717, 1.165) is 17.7 Å². The number of hydrogen-bond donors (Lipinski definition) is 1. The molecule has 2 rings (SSSR count). The first-order valence-electron chi connectivity index (χ1n) is 8.37. The maximum atomic E-state index is 12.5. The molecular formula is C21H27NO2. The van der Waals surface area contributed by atoms with Gasteiger partial charge in [0.25, 0.3) is 5.91 Å². The highest BCUT2D eigenvalue weighted by Crippen LogP contribution is 2.20. The normalized spacial score (nSPS) is 12.5. The van der Waals surface area contributed by atoms with Gasteiger partial charge in [0.1, 0.15) is 5.75 Å². The van der Waals surface area contributed by atoms with E-state index in [1.807, 2.05) is 58.0 Å². The number of benzene rings is 2. The van der Waals surface area contributed by atoms with Gasteiger partial charge in [-0.15, -0.1) is 0 Å². The number of rotatable bonds is 6. The Kier molecular flexibility index (Phi) is 5.66. The number of nitrogens with one attached hydrogen (secondary N) is 1. The van der Waals surface area contributed by atoms with Crippen LogP contribution in [0.15, 0.2) is 48.5 Å². The smallest absolute Gasteiger partial charge is 0.261 e. The zero-order valence-electron chi connectivity index (χ0n) is 15.2. The van der Waals surface area contributed by atoms with Crippen LogP contribution in [-0.2, 0) is 11.2 Å². The molecule has 0 saturated carbocycles. The molecule has 0 aliphatic carbocycles. The molecule has 2 aromatic carbocycles. The maximum Gasteiger partial charge on any atom is 0.261 e. The van der Waals surface area contributed by atoms with Gasteiger partial charge in [-0.3, -0.25) is 4.79 Å². The fraction of sp³-hybridized carbons (Fsp3) is 0.381. The lowest BCUT2D eigenvalue weighted by Crippen LogP contribution is -2.49. The molecule has 3 heteroatoms. The van der Waals surface area contributed by atoms with Crippen LogP contribution in [0.1, 0.15) is 37.5 Å². The van der Waals surface area contributed by atoms with Crippen LogP contribution in [0.25, 0.3) is 0 Å². The van der Waals surface area contributed by atoms with Gasteiger partial charge in [-0.05, 0) is 58.2 Å². The monoisotopic (exact) mass is 325 g/mol. The summed E-state index contributed by atoms with van der Waals surface area (Å²) in [6.07, 6.45) is 0.233. The Balaban J connectivity index is 1.97. The Labute approximate surface area is 145 Å². The van der Waals surface area contributed by atoms with E-state index in [4.69, 9.17) is 4.74 Å². The van der Waals surface area contributed by atoms with Crippen LogP contribution in [0.5, 0.6) is 5.75 Å². The van der Waals surface area contributed by atoms with Crippen molar-refractivity contribution < 1.29 is 9.53 Å². The lowest BCUT2D eigenvalue weighted by Gasteiger charge is -2.28. The summed E-state index contributed by atoms with van der Waals surface area (Å²) in [6, 6.07) is 16.1. The standard InChI is InChI=1S/C21H27NO2/c1-15-11-12-19(16(2)13-15)24-17(3)20(23)22-21(4,5)14-18-9-7-6-8-10-18/h6-13,17H,14H2,1-5H3,(H,22,23)/t17-/m1/s1. The molecule has 0 heterocycles. The van der Waals surface area contributed by atoms with E-state index in [0.29, 0.717) is 0 Å². The molecule has 2 aromatic rings. The second-order valence-electron chi connectivity index (χ2n) is 7.06. The van der Waals surface area contributed by atoms with Crippen molar-refractivity contribution in [2.45, 2.75) is 52.7 Å². The number of aryl methyl sites for hydroxylation is 2. The molecule has 24 heavy (non-hydrogen) atoms. The molecule has 0 saturated heterocycles. The third kappa shape index (κ3) is 5.12. The second-order valence-corrected chi connectivity index (χ2v) is 7.06. The number of amides is 1. The van der Waals surface area contributed by atoms with Crippen molar-refractivity contribution in [3.05, 3.63) is 65.2 Å². The Morgan fingerprint density at radius 2 is 1.79 bits per heavy atom. The molecule has 0 aliphatic rings. The summed E-state index contributed by atoms with van der Waals surface area (Å²) in [6.45, 7) is 9.88.